The number of benzene rings is 1. The molecule has 130 valence electrons. The molecule has 0 unspecified atom stereocenters. The first-order valence-corrected chi connectivity index (χ1v) is 8.97. The molecule has 0 fully saturated rings. The molecule has 1 N–H and O–H groups in total. The summed E-state index contributed by atoms with van der Waals surface area (Å²) in [6.07, 6.45) is 0.849. The molecule has 0 saturated heterocycles. The summed E-state index contributed by atoms with van der Waals surface area (Å²) < 4.78 is 5.17. The van der Waals surface area contributed by atoms with Crippen LogP contribution in [-0.2, 0) is 27.2 Å². The van der Waals surface area contributed by atoms with Crippen molar-refractivity contribution in [3.8, 4) is 6.07 Å². The summed E-state index contributed by atoms with van der Waals surface area (Å²) in [7, 11) is 0. The molecule has 0 bridgehead atoms. The lowest BCUT2D eigenvalue weighted by Crippen LogP contribution is -2.30. The fourth-order valence-corrected chi connectivity index (χ4v) is 2.95. The van der Waals surface area contributed by atoms with Gasteiger partial charge in [-0.3, -0.25) is 9.59 Å². The highest BCUT2D eigenvalue weighted by Crippen LogP contribution is 2.22. The van der Waals surface area contributed by atoms with Gasteiger partial charge in [0.15, 0.2) is 6.10 Å². The number of hydrogen-bond donors (Lipinski definition) is 1. The van der Waals surface area contributed by atoms with Crippen LogP contribution in [0, 0.1) is 11.3 Å². The van der Waals surface area contributed by atoms with Gasteiger partial charge >= 0.3 is 5.97 Å². The second kappa shape index (κ2) is 9.00. The molecule has 0 aliphatic rings. The maximum atomic E-state index is 12.1. The molecule has 0 spiro atoms. The van der Waals surface area contributed by atoms with Crippen LogP contribution < -0.4 is 5.32 Å². The number of rotatable bonds is 7. The summed E-state index contributed by atoms with van der Waals surface area (Å²) in [6, 6.07) is 11.7. The first-order valence-electron chi connectivity index (χ1n) is 8.09. The van der Waals surface area contributed by atoms with Gasteiger partial charge in [-0.25, -0.2) is 0 Å². The van der Waals surface area contributed by atoms with Crippen molar-refractivity contribution in [1.29, 1.82) is 5.26 Å². The molecule has 1 aromatic heterocycles. The zero-order valence-electron chi connectivity index (χ0n) is 14.2. The smallest absolute Gasteiger partial charge is 0.306 e. The number of nitriles is 1. The molecular formula is C19H20N2O3S. The van der Waals surface area contributed by atoms with E-state index in [-0.39, 0.29) is 6.42 Å². The number of amides is 1. The van der Waals surface area contributed by atoms with Crippen LogP contribution >= 0.6 is 11.3 Å². The van der Waals surface area contributed by atoms with Gasteiger partial charge in [-0.2, -0.15) is 5.26 Å². The van der Waals surface area contributed by atoms with Crippen molar-refractivity contribution >= 4 is 28.2 Å². The average molecular weight is 356 g/mol. The first kappa shape index (κ1) is 18.7. The lowest BCUT2D eigenvalue weighted by atomic mass is 10.1. The van der Waals surface area contributed by atoms with Crippen molar-refractivity contribution < 1.29 is 14.3 Å². The zero-order valence-corrected chi connectivity index (χ0v) is 15.1. The molecule has 1 atom stereocenters. The van der Waals surface area contributed by atoms with Crippen LogP contribution in [0.5, 0.6) is 0 Å². The highest BCUT2D eigenvalue weighted by Gasteiger charge is 2.19. The second-order valence-corrected chi connectivity index (χ2v) is 6.48. The molecule has 0 aliphatic heterocycles. The standard InChI is InChI=1S/C19H20N2O3S/c1-3-14-4-6-15(7-5-14)8-9-17(22)24-13(2)18(23)21-19-16(12-20)10-11-25-19/h4-7,10-11,13H,3,8-9H2,1-2H3,(H,21,23)/t13-/m1/s1. The molecule has 1 heterocycles. The minimum absolute atomic E-state index is 0.214. The molecule has 6 heteroatoms. The quantitative estimate of drug-likeness (QED) is 0.768. The van der Waals surface area contributed by atoms with Gasteiger partial charge < -0.3 is 10.1 Å². The van der Waals surface area contributed by atoms with Crippen molar-refractivity contribution in [3.05, 3.63) is 52.4 Å². The van der Waals surface area contributed by atoms with Gasteiger partial charge in [0.2, 0.25) is 0 Å². The Labute approximate surface area is 151 Å². The zero-order chi connectivity index (χ0) is 18.2. The lowest BCUT2D eigenvalue weighted by molar-refractivity contribution is -0.153. The van der Waals surface area contributed by atoms with Gasteiger partial charge in [0.1, 0.15) is 11.1 Å². The van der Waals surface area contributed by atoms with E-state index < -0.39 is 18.0 Å². The van der Waals surface area contributed by atoms with Gasteiger partial charge in [-0.15, -0.1) is 11.3 Å². The van der Waals surface area contributed by atoms with Crippen LogP contribution in [-0.4, -0.2) is 18.0 Å². The van der Waals surface area contributed by atoms with E-state index in [0.717, 1.165) is 12.0 Å². The predicted octanol–water partition coefficient (Wildman–Crippen LogP) is 3.69. The van der Waals surface area contributed by atoms with Crippen molar-refractivity contribution in [2.75, 3.05) is 5.32 Å². The largest absolute Gasteiger partial charge is 0.453 e. The highest BCUT2D eigenvalue weighted by atomic mass is 32.1. The van der Waals surface area contributed by atoms with Crippen LogP contribution in [0.2, 0.25) is 0 Å². The Kier molecular flexibility index (Phi) is 6.72. The van der Waals surface area contributed by atoms with Crippen molar-refractivity contribution in [2.24, 2.45) is 0 Å². The summed E-state index contributed by atoms with van der Waals surface area (Å²) in [5.41, 5.74) is 2.71. The third-order valence-electron chi connectivity index (χ3n) is 3.75. The van der Waals surface area contributed by atoms with Crippen molar-refractivity contribution in [3.63, 3.8) is 0 Å². The molecule has 1 aromatic carbocycles. The molecule has 2 aromatic rings. The van der Waals surface area contributed by atoms with E-state index in [2.05, 4.69) is 12.2 Å². The Morgan fingerprint density at radius 3 is 2.56 bits per heavy atom. The van der Waals surface area contributed by atoms with E-state index >= 15 is 0 Å². The number of hydrogen-bond acceptors (Lipinski definition) is 5. The fourth-order valence-electron chi connectivity index (χ4n) is 2.21. The van der Waals surface area contributed by atoms with Gasteiger partial charge in [-0.1, -0.05) is 31.2 Å². The molecule has 0 radical (unpaired) electrons. The summed E-state index contributed by atoms with van der Waals surface area (Å²) >= 11 is 1.25. The molecule has 0 saturated carbocycles. The monoisotopic (exact) mass is 356 g/mol. The number of nitrogens with zero attached hydrogens (tertiary/aromatic N) is 1. The van der Waals surface area contributed by atoms with Gasteiger partial charge in [-0.05, 0) is 42.3 Å². The normalized spacial score (nSPS) is 11.4. The number of thiophene rings is 1. The Bertz CT molecular complexity index is 775. The van der Waals surface area contributed by atoms with E-state index in [1.54, 1.807) is 11.4 Å². The van der Waals surface area contributed by atoms with Gasteiger partial charge in [0, 0.05) is 6.42 Å². The summed E-state index contributed by atoms with van der Waals surface area (Å²) in [4.78, 5) is 24.0. The van der Waals surface area contributed by atoms with Crippen LogP contribution in [0.1, 0.15) is 37.0 Å². The van der Waals surface area contributed by atoms with Crippen molar-refractivity contribution in [2.45, 2.75) is 39.2 Å². The van der Waals surface area contributed by atoms with E-state index in [9.17, 15) is 9.59 Å². The predicted molar refractivity (Wildman–Crippen MR) is 97.4 cm³/mol. The summed E-state index contributed by atoms with van der Waals surface area (Å²) in [5, 5.41) is 13.7. The Hall–Kier alpha value is -2.65. The fraction of sp³-hybridized carbons (Fsp3) is 0.316. The third-order valence-corrected chi connectivity index (χ3v) is 4.58. The summed E-state index contributed by atoms with van der Waals surface area (Å²) in [5.74, 6) is -0.867. The van der Waals surface area contributed by atoms with E-state index in [1.165, 1.54) is 23.8 Å². The topological polar surface area (TPSA) is 79.2 Å². The average Bonchev–Trinajstić information content (AvgIpc) is 3.07. The number of carbonyl (C=O) groups excluding carboxylic acids is 2. The number of esters is 1. The first-order chi connectivity index (χ1) is 12.0. The minimum Gasteiger partial charge on any atom is -0.453 e. The molecule has 0 aliphatic carbocycles. The number of nitrogens with one attached hydrogen (secondary N) is 1. The SMILES string of the molecule is CCc1ccc(CCC(=O)O[C@H](C)C(=O)Nc2sccc2C#N)cc1. The van der Waals surface area contributed by atoms with Crippen LogP contribution in [0.25, 0.3) is 0 Å². The molecule has 25 heavy (non-hydrogen) atoms. The molecular weight excluding hydrogens is 336 g/mol. The van der Waals surface area contributed by atoms with E-state index in [0.29, 0.717) is 17.0 Å². The maximum Gasteiger partial charge on any atom is 0.306 e. The number of aryl methyl sites for hydroxylation is 2. The Morgan fingerprint density at radius 2 is 1.92 bits per heavy atom. The van der Waals surface area contributed by atoms with Crippen LogP contribution in [0.15, 0.2) is 35.7 Å². The molecule has 5 nitrogen and oxygen atoms in total. The second-order valence-electron chi connectivity index (χ2n) is 5.57. The van der Waals surface area contributed by atoms with E-state index in [1.807, 2.05) is 30.3 Å². The number of ether oxygens (including phenoxy) is 1. The maximum absolute atomic E-state index is 12.1. The lowest BCUT2D eigenvalue weighted by Gasteiger charge is -2.13. The van der Waals surface area contributed by atoms with Crippen molar-refractivity contribution in [1.82, 2.24) is 0 Å². The van der Waals surface area contributed by atoms with Crippen LogP contribution in [0.3, 0.4) is 0 Å². The number of carbonyl (C=O) groups is 2. The Morgan fingerprint density at radius 1 is 1.24 bits per heavy atom. The Balaban J connectivity index is 1.80. The minimum atomic E-state index is -0.913. The number of anilines is 1. The van der Waals surface area contributed by atoms with Crippen LogP contribution in [0.4, 0.5) is 5.00 Å². The molecule has 2 rings (SSSR count). The molecule has 1 amide bonds. The summed E-state index contributed by atoms with van der Waals surface area (Å²) in [6.45, 7) is 3.61. The highest BCUT2D eigenvalue weighted by molar-refractivity contribution is 7.14. The van der Waals surface area contributed by atoms with E-state index in [4.69, 9.17) is 10.00 Å². The van der Waals surface area contributed by atoms with Gasteiger partial charge in [0.25, 0.3) is 5.91 Å². The third kappa shape index (κ3) is 5.44. The van der Waals surface area contributed by atoms with Gasteiger partial charge in [0.05, 0.1) is 5.56 Å².